The molecular formula is C32H42N4O3. The Morgan fingerprint density at radius 3 is 2.23 bits per heavy atom. The molecule has 2 aliphatic carbocycles. The molecule has 2 aromatic rings. The van der Waals surface area contributed by atoms with Gasteiger partial charge in [0, 0.05) is 30.7 Å². The maximum absolute atomic E-state index is 14.5. The van der Waals surface area contributed by atoms with Crippen LogP contribution in [0.2, 0.25) is 0 Å². The molecule has 39 heavy (non-hydrogen) atoms. The minimum absolute atomic E-state index is 0.00635. The molecule has 208 valence electrons. The van der Waals surface area contributed by atoms with E-state index in [-0.39, 0.29) is 41.6 Å². The van der Waals surface area contributed by atoms with Crippen LogP contribution >= 0.6 is 0 Å². The summed E-state index contributed by atoms with van der Waals surface area (Å²) in [4.78, 5) is 45.7. The Bertz CT molecular complexity index is 1160. The molecule has 3 aliphatic rings. The largest absolute Gasteiger partial charge is 0.350 e. The Morgan fingerprint density at radius 2 is 1.54 bits per heavy atom. The zero-order valence-electron chi connectivity index (χ0n) is 23.1. The summed E-state index contributed by atoms with van der Waals surface area (Å²) < 4.78 is 0. The summed E-state index contributed by atoms with van der Waals surface area (Å²) in [6.07, 6.45) is 7.26. The monoisotopic (exact) mass is 530 g/mol. The number of hydrogen-bond acceptors (Lipinski definition) is 4. The van der Waals surface area contributed by atoms with Crippen molar-refractivity contribution in [3.63, 3.8) is 0 Å². The van der Waals surface area contributed by atoms with Crippen molar-refractivity contribution in [1.82, 2.24) is 15.1 Å². The maximum Gasteiger partial charge on any atom is 0.264 e. The lowest BCUT2D eigenvalue weighted by Crippen LogP contribution is -2.65. The van der Waals surface area contributed by atoms with Gasteiger partial charge in [0.05, 0.1) is 5.92 Å². The van der Waals surface area contributed by atoms with E-state index in [2.05, 4.69) is 5.32 Å². The average molecular weight is 531 g/mol. The van der Waals surface area contributed by atoms with Gasteiger partial charge in [-0.1, -0.05) is 60.9 Å². The number of amides is 3. The molecule has 2 atom stereocenters. The van der Waals surface area contributed by atoms with Crippen molar-refractivity contribution < 1.29 is 14.4 Å². The highest BCUT2D eigenvalue weighted by Gasteiger charge is 2.45. The number of carbonyl (C=O) groups excluding carboxylic acids is 3. The lowest BCUT2D eigenvalue weighted by atomic mass is 9.83. The standard InChI is InChI=1S/C32H42N4O3/c1-22-9-7-14-25(21-22)31(38)35-19-8-20-36(30(35)29(37)34-27-17-15-26(33)16-18-27)32(39)28(24-12-5-6-13-24)23-10-3-2-4-11-23/h2-4,7,9-11,14,21,24,26-28,30H,5-6,8,12-13,15-20,33H2,1H3,(H,34,37). The number of nitrogens with zero attached hydrogens (tertiary/aromatic N) is 2. The Kier molecular flexibility index (Phi) is 8.66. The first-order chi connectivity index (χ1) is 18.9. The lowest BCUT2D eigenvalue weighted by molar-refractivity contribution is -0.151. The fourth-order valence-electron chi connectivity index (χ4n) is 6.78. The van der Waals surface area contributed by atoms with Crippen LogP contribution in [0.5, 0.6) is 0 Å². The molecule has 3 N–H and O–H groups in total. The minimum Gasteiger partial charge on any atom is -0.350 e. The lowest BCUT2D eigenvalue weighted by Gasteiger charge is -2.45. The molecule has 2 saturated carbocycles. The van der Waals surface area contributed by atoms with Crippen LogP contribution in [0.1, 0.15) is 85.2 Å². The smallest absolute Gasteiger partial charge is 0.264 e. The van der Waals surface area contributed by atoms with Gasteiger partial charge in [-0.15, -0.1) is 0 Å². The van der Waals surface area contributed by atoms with E-state index >= 15 is 0 Å². The average Bonchev–Trinajstić information content (AvgIpc) is 3.48. The molecule has 2 aromatic carbocycles. The van der Waals surface area contributed by atoms with Crippen LogP contribution in [-0.4, -0.2) is 58.9 Å². The van der Waals surface area contributed by atoms with Crippen molar-refractivity contribution in [2.24, 2.45) is 11.7 Å². The SMILES string of the molecule is Cc1cccc(C(=O)N2CCCN(C(=O)C(c3ccccc3)C3CCCC3)C2C(=O)NC2CCC(N)CC2)c1. The Hall–Kier alpha value is -3.19. The molecule has 1 heterocycles. The number of nitrogens with two attached hydrogens (primary N) is 1. The Morgan fingerprint density at radius 1 is 0.846 bits per heavy atom. The van der Waals surface area contributed by atoms with Crippen LogP contribution < -0.4 is 11.1 Å². The van der Waals surface area contributed by atoms with E-state index < -0.39 is 6.17 Å². The molecule has 3 fully saturated rings. The van der Waals surface area contributed by atoms with Crippen LogP contribution in [0.3, 0.4) is 0 Å². The molecule has 3 amide bonds. The first kappa shape index (κ1) is 27.4. The molecular weight excluding hydrogens is 488 g/mol. The third-order valence-electron chi connectivity index (χ3n) is 8.85. The number of rotatable bonds is 6. The second kappa shape index (κ2) is 12.3. The summed E-state index contributed by atoms with van der Waals surface area (Å²) in [6.45, 7) is 2.84. The van der Waals surface area contributed by atoms with Crippen molar-refractivity contribution in [3.8, 4) is 0 Å². The van der Waals surface area contributed by atoms with Gasteiger partial charge in [-0.25, -0.2) is 0 Å². The summed E-state index contributed by atoms with van der Waals surface area (Å²) in [5, 5.41) is 3.21. The van der Waals surface area contributed by atoms with E-state index in [1.54, 1.807) is 15.9 Å². The normalized spacial score (nSPS) is 24.8. The van der Waals surface area contributed by atoms with E-state index in [0.29, 0.717) is 25.1 Å². The van der Waals surface area contributed by atoms with E-state index in [0.717, 1.165) is 62.5 Å². The van der Waals surface area contributed by atoms with Crippen LogP contribution in [0.15, 0.2) is 54.6 Å². The molecule has 5 rings (SSSR count). The molecule has 1 aliphatic heterocycles. The topological polar surface area (TPSA) is 95.7 Å². The predicted octanol–water partition coefficient (Wildman–Crippen LogP) is 4.36. The summed E-state index contributed by atoms with van der Waals surface area (Å²) in [5.74, 6) is -0.584. The third-order valence-corrected chi connectivity index (χ3v) is 8.85. The van der Waals surface area contributed by atoms with E-state index in [4.69, 9.17) is 5.73 Å². The number of benzene rings is 2. The summed E-state index contributed by atoms with van der Waals surface area (Å²) in [5.41, 5.74) is 8.62. The van der Waals surface area contributed by atoms with Gasteiger partial charge in [0.1, 0.15) is 0 Å². The minimum atomic E-state index is -0.970. The highest BCUT2D eigenvalue weighted by atomic mass is 16.2. The molecule has 7 heteroatoms. The van der Waals surface area contributed by atoms with E-state index in [1.807, 2.05) is 55.5 Å². The van der Waals surface area contributed by atoms with Crippen molar-refractivity contribution in [2.75, 3.05) is 13.1 Å². The molecule has 1 saturated heterocycles. The molecule has 0 bridgehead atoms. The first-order valence-corrected chi connectivity index (χ1v) is 14.7. The fraction of sp³-hybridized carbons (Fsp3) is 0.531. The third kappa shape index (κ3) is 6.19. The molecule has 2 unspecified atom stereocenters. The van der Waals surface area contributed by atoms with Crippen LogP contribution in [0, 0.1) is 12.8 Å². The van der Waals surface area contributed by atoms with Crippen LogP contribution in [0.25, 0.3) is 0 Å². The Labute approximate surface area is 232 Å². The van der Waals surface area contributed by atoms with Gasteiger partial charge < -0.3 is 20.9 Å². The quantitative estimate of drug-likeness (QED) is 0.580. The highest BCUT2D eigenvalue weighted by Crippen LogP contribution is 2.39. The number of hydrogen-bond donors (Lipinski definition) is 2. The zero-order valence-corrected chi connectivity index (χ0v) is 23.1. The maximum atomic E-state index is 14.5. The van der Waals surface area contributed by atoms with Crippen molar-refractivity contribution >= 4 is 17.7 Å². The number of aryl methyl sites for hydroxylation is 1. The van der Waals surface area contributed by atoms with Crippen molar-refractivity contribution in [1.29, 1.82) is 0 Å². The predicted molar refractivity (Wildman–Crippen MR) is 152 cm³/mol. The van der Waals surface area contributed by atoms with Crippen molar-refractivity contribution in [2.45, 2.75) is 88.9 Å². The Balaban J connectivity index is 1.47. The van der Waals surface area contributed by atoms with Crippen LogP contribution in [0.4, 0.5) is 0 Å². The van der Waals surface area contributed by atoms with E-state index in [9.17, 15) is 14.4 Å². The molecule has 0 aromatic heterocycles. The van der Waals surface area contributed by atoms with Gasteiger partial charge in [-0.05, 0) is 75.5 Å². The molecule has 0 radical (unpaired) electrons. The number of nitrogens with one attached hydrogen (secondary N) is 1. The van der Waals surface area contributed by atoms with Crippen molar-refractivity contribution in [3.05, 3.63) is 71.3 Å². The second-order valence-electron chi connectivity index (χ2n) is 11.7. The zero-order chi connectivity index (χ0) is 27.4. The summed E-state index contributed by atoms with van der Waals surface area (Å²) in [6, 6.07) is 17.6. The first-order valence-electron chi connectivity index (χ1n) is 14.7. The van der Waals surface area contributed by atoms with Gasteiger partial charge in [-0.3, -0.25) is 14.4 Å². The molecule has 0 spiro atoms. The summed E-state index contributed by atoms with van der Waals surface area (Å²) in [7, 11) is 0. The number of carbonyl (C=O) groups is 3. The molecule has 7 nitrogen and oxygen atoms in total. The van der Waals surface area contributed by atoms with Gasteiger partial charge >= 0.3 is 0 Å². The van der Waals surface area contributed by atoms with Gasteiger partial charge in [-0.2, -0.15) is 0 Å². The second-order valence-corrected chi connectivity index (χ2v) is 11.7. The van der Waals surface area contributed by atoms with Gasteiger partial charge in [0.2, 0.25) is 5.91 Å². The van der Waals surface area contributed by atoms with E-state index in [1.165, 1.54) is 0 Å². The fourth-order valence-corrected chi connectivity index (χ4v) is 6.78. The summed E-state index contributed by atoms with van der Waals surface area (Å²) >= 11 is 0. The van der Waals surface area contributed by atoms with Crippen LogP contribution in [-0.2, 0) is 9.59 Å². The van der Waals surface area contributed by atoms with Gasteiger partial charge in [0.25, 0.3) is 11.8 Å². The van der Waals surface area contributed by atoms with Gasteiger partial charge in [0.15, 0.2) is 6.17 Å². The highest BCUT2D eigenvalue weighted by molar-refractivity contribution is 5.99.